The summed E-state index contributed by atoms with van der Waals surface area (Å²) in [4.78, 5) is 21.2. The van der Waals surface area contributed by atoms with E-state index in [-0.39, 0.29) is 6.42 Å². The van der Waals surface area contributed by atoms with Gasteiger partial charge in [0.15, 0.2) is 4.90 Å². The summed E-state index contributed by atoms with van der Waals surface area (Å²) >= 11 is 0. The van der Waals surface area contributed by atoms with E-state index in [1.54, 1.807) is 0 Å². The molecule has 10 nitrogen and oxygen atoms in total. The van der Waals surface area contributed by atoms with Crippen LogP contribution >= 0.6 is 0 Å². The molecule has 0 amide bonds. The maximum Gasteiger partial charge on any atom is 0.308 e. The van der Waals surface area contributed by atoms with Crippen LogP contribution in [0.5, 0.6) is 0 Å². The van der Waals surface area contributed by atoms with E-state index in [0.29, 0.717) is 12.8 Å². The van der Waals surface area contributed by atoms with Crippen molar-refractivity contribution in [2.75, 3.05) is 13.7 Å². The molecule has 11 heteroatoms. The number of hydrogen-bond donors (Lipinski definition) is 2. The lowest BCUT2D eigenvalue weighted by Gasteiger charge is -2.35. The van der Waals surface area contributed by atoms with Gasteiger partial charge >= 0.3 is 5.97 Å². The molecule has 26 heavy (non-hydrogen) atoms. The van der Waals surface area contributed by atoms with E-state index in [2.05, 4.69) is 9.46 Å². The molecule has 1 heterocycles. The third-order valence-corrected chi connectivity index (χ3v) is 5.61. The largest absolute Gasteiger partial charge is 0.469 e. The Balaban J connectivity index is 2.15. The van der Waals surface area contributed by atoms with Crippen molar-refractivity contribution in [3.8, 4) is 0 Å². The summed E-state index contributed by atoms with van der Waals surface area (Å²) in [5.41, 5.74) is -0.541. The second-order valence-corrected chi connectivity index (χ2v) is 7.47. The Labute approximate surface area is 150 Å². The molecule has 0 saturated carbocycles. The summed E-state index contributed by atoms with van der Waals surface area (Å²) in [7, 11) is -2.95. The van der Waals surface area contributed by atoms with E-state index in [4.69, 9.17) is 4.74 Å². The van der Waals surface area contributed by atoms with Crippen LogP contribution in [-0.2, 0) is 24.3 Å². The molecule has 1 fully saturated rings. The summed E-state index contributed by atoms with van der Waals surface area (Å²) < 4.78 is 37.6. The van der Waals surface area contributed by atoms with Gasteiger partial charge in [-0.15, -0.1) is 0 Å². The predicted octanol–water partition coefficient (Wildman–Crippen LogP) is 0.345. The number of nitro benzene ring substituents is 1. The molecular formula is C15H20N2O8S. The first kappa shape index (κ1) is 20.2. The van der Waals surface area contributed by atoms with E-state index in [1.807, 2.05) is 0 Å². The van der Waals surface area contributed by atoms with Crippen LogP contribution in [0.1, 0.15) is 19.3 Å². The number of ether oxygens (including phenoxy) is 2. The topological polar surface area (TPSA) is 145 Å². The molecule has 144 valence electrons. The second kappa shape index (κ2) is 8.54. The monoisotopic (exact) mass is 388 g/mol. The fraction of sp³-hybridized carbons (Fsp3) is 0.533. The Kier molecular flexibility index (Phi) is 6.64. The minimum absolute atomic E-state index is 0.00335. The minimum atomic E-state index is -4.20. The average Bonchev–Trinajstić information content (AvgIpc) is 2.62. The highest BCUT2D eigenvalue weighted by Crippen LogP contribution is 2.27. The third kappa shape index (κ3) is 4.75. The Hall–Kier alpha value is -2.08. The van der Waals surface area contributed by atoms with Crippen molar-refractivity contribution in [3.63, 3.8) is 0 Å². The number of esters is 1. The molecule has 0 spiro atoms. The Morgan fingerprint density at radius 3 is 2.73 bits per heavy atom. The average molecular weight is 388 g/mol. The molecule has 1 aliphatic heterocycles. The number of nitrogens with one attached hydrogen (secondary N) is 1. The molecule has 0 radical (unpaired) electrons. The van der Waals surface area contributed by atoms with Gasteiger partial charge in [0.1, 0.15) is 0 Å². The normalized spacial score (nSPS) is 23.4. The van der Waals surface area contributed by atoms with Crippen molar-refractivity contribution < 1.29 is 32.7 Å². The summed E-state index contributed by atoms with van der Waals surface area (Å²) in [6.07, 6.45) is -0.707. The zero-order valence-electron chi connectivity index (χ0n) is 14.0. The molecule has 2 rings (SSSR count). The highest BCUT2D eigenvalue weighted by atomic mass is 32.2. The molecule has 1 saturated heterocycles. The van der Waals surface area contributed by atoms with Crippen molar-refractivity contribution in [1.82, 2.24) is 4.72 Å². The zero-order valence-corrected chi connectivity index (χ0v) is 14.8. The first-order chi connectivity index (χ1) is 12.3. The quantitative estimate of drug-likeness (QED) is 0.386. The van der Waals surface area contributed by atoms with Gasteiger partial charge in [-0.1, -0.05) is 12.1 Å². The molecule has 1 aliphatic rings. The Bertz CT molecular complexity index is 767. The number of benzene rings is 1. The number of nitro groups is 1. The standard InChI is InChI=1S/C15H20N2O8S/c1-24-15(19)8-10-6-7-11(13(9-18)25-10)16-26(22,23)14-5-3-2-4-12(14)17(20)21/h2-5,10-11,13,16,18H,6-9H2,1H3/t10-,11-,13-/m1/s1. The molecule has 0 unspecified atom stereocenters. The van der Waals surface area contributed by atoms with Crippen molar-refractivity contribution in [3.05, 3.63) is 34.4 Å². The molecule has 2 N–H and O–H groups in total. The maximum atomic E-state index is 12.6. The Morgan fingerprint density at radius 2 is 2.12 bits per heavy atom. The number of methoxy groups -OCH3 is 1. The number of hydrogen-bond acceptors (Lipinski definition) is 8. The van der Waals surface area contributed by atoms with Gasteiger partial charge in [-0.05, 0) is 18.9 Å². The SMILES string of the molecule is COC(=O)C[C@H]1CC[C@@H](NS(=O)(=O)c2ccccc2[N+](=O)[O-])[C@@H](CO)O1. The first-order valence-electron chi connectivity index (χ1n) is 7.87. The van der Waals surface area contributed by atoms with Crippen LogP contribution in [0.4, 0.5) is 5.69 Å². The van der Waals surface area contributed by atoms with E-state index >= 15 is 0 Å². The fourth-order valence-corrected chi connectivity index (χ4v) is 4.25. The molecule has 1 aromatic carbocycles. The number of sulfonamides is 1. The Morgan fingerprint density at radius 1 is 1.42 bits per heavy atom. The summed E-state index contributed by atoms with van der Waals surface area (Å²) in [6.45, 7) is -0.470. The van der Waals surface area contributed by atoms with Gasteiger partial charge in [0.2, 0.25) is 10.0 Å². The second-order valence-electron chi connectivity index (χ2n) is 5.79. The van der Waals surface area contributed by atoms with Gasteiger partial charge in [-0.3, -0.25) is 14.9 Å². The summed E-state index contributed by atoms with van der Waals surface area (Å²) in [5, 5.41) is 20.6. The number of para-hydroxylation sites is 1. The number of nitrogens with zero attached hydrogens (tertiary/aromatic N) is 1. The smallest absolute Gasteiger partial charge is 0.308 e. The van der Waals surface area contributed by atoms with Gasteiger partial charge in [0, 0.05) is 6.07 Å². The van der Waals surface area contributed by atoms with Crippen LogP contribution in [-0.4, -0.2) is 56.4 Å². The highest BCUT2D eigenvalue weighted by molar-refractivity contribution is 7.89. The van der Waals surface area contributed by atoms with Crippen molar-refractivity contribution in [2.45, 2.75) is 42.4 Å². The van der Waals surface area contributed by atoms with Gasteiger partial charge in [0.25, 0.3) is 5.69 Å². The van der Waals surface area contributed by atoms with E-state index in [9.17, 15) is 28.4 Å². The number of carbonyl (C=O) groups excluding carboxylic acids is 1. The van der Waals surface area contributed by atoms with Gasteiger partial charge < -0.3 is 14.6 Å². The fourth-order valence-electron chi connectivity index (χ4n) is 2.78. The maximum absolute atomic E-state index is 12.6. The van der Waals surface area contributed by atoms with Crippen LogP contribution in [0.25, 0.3) is 0 Å². The van der Waals surface area contributed by atoms with Crippen LogP contribution in [0.15, 0.2) is 29.2 Å². The lowest BCUT2D eigenvalue weighted by atomic mass is 9.98. The van der Waals surface area contributed by atoms with Gasteiger partial charge in [-0.25, -0.2) is 13.1 Å². The number of aliphatic hydroxyl groups is 1. The van der Waals surface area contributed by atoms with Crippen LogP contribution in [0, 0.1) is 10.1 Å². The third-order valence-electron chi connectivity index (χ3n) is 4.08. The lowest BCUT2D eigenvalue weighted by molar-refractivity contribution is -0.387. The van der Waals surface area contributed by atoms with Gasteiger partial charge in [0.05, 0.1) is 43.3 Å². The van der Waals surface area contributed by atoms with E-state index in [0.717, 1.165) is 12.1 Å². The lowest BCUT2D eigenvalue weighted by Crippen LogP contribution is -2.51. The van der Waals surface area contributed by atoms with Crippen LogP contribution < -0.4 is 4.72 Å². The summed E-state index contributed by atoms with van der Waals surface area (Å²) in [6, 6.07) is 4.21. The van der Waals surface area contributed by atoms with Crippen molar-refractivity contribution in [1.29, 1.82) is 0 Å². The first-order valence-corrected chi connectivity index (χ1v) is 9.35. The van der Waals surface area contributed by atoms with E-state index < -0.39 is 56.4 Å². The van der Waals surface area contributed by atoms with E-state index in [1.165, 1.54) is 19.2 Å². The van der Waals surface area contributed by atoms with Crippen molar-refractivity contribution >= 4 is 21.7 Å². The van der Waals surface area contributed by atoms with Crippen LogP contribution in [0.3, 0.4) is 0 Å². The molecule has 3 atom stereocenters. The molecular weight excluding hydrogens is 368 g/mol. The summed E-state index contributed by atoms with van der Waals surface area (Å²) in [5.74, 6) is -0.467. The predicted molar refractivity (Wildman–Crippen MR) is 88.8 cm³/mol. The molecule has 0 aromatic heterocycles. The van der Waals surface area contributed by atoms with Crippen molar-refractivity contribution in [2.24, 2.45) is 0 Å². The minimum Gasteiger partial charge on any atom is -0.469 e. The highest BCUT2D eigenvalue weighted by Gasteiger charge is 2.36. The number of rotatable bonds is 7. The zero-order chi connectivity index (χ0) is 19.3. The molecule has 0 bridgehead atoms. The number of aliphatic hydroxyl groups excluding tert-OH is 1. The number of carbonyl (C=O) groups is 1. The van der Waals surface area contributed by atoms with Gasteiger partial charge in [-0.2, -0.15) is 0 Å². The molecule has 0 aliphatic carbocycles. The van der Waals surface area contributed by atoms with Crippen LogP contribution in [0.2, 0.25) is 0 Å². The molecule has 1 aromatic rings.